The van der Waals surface area contributed by atoms with E-state index in [1.165, 1.54) is 23.6 Å². The van der Waals surface area contributed by atoms with Crippen molar-refractivity contribution in [2.24, 2.45) is 0 Å². The van der Waals surface area contributed by atoms with Crippen molar-refractivity contribution in [2.45, 2.75) is 31.4 Å². The third kappa shape index (κ3) is 3.70. The van der Waals surface area contributed by atoms with Gasteiger partial charge in [0.25, 0.3) is 0 Å². The molecular formula is C22H26O3Si. The molecule has 0 N–H and O–H groups in total. The zero-order valence-electron chi connectivity index (χ0n) is 15.8. The first kappa shape index (κ1) is 19.9. The molecule has 26 heavy (non-hydrogen) atoms. The smallest absolute Gasteiger partial charge is 0.330 e. The minimum Gasteiger partial charge on any atom is -0.466 e. The molecule has 2 rings (SSSR count). The van der Waals surface area contributed by atoms with Gasteiger partial charge in [-0.05, 0) is 5.04 Å². The Bertz CT molecular complexity index is 721. The van der Waals surface area contributed by atoms with Crippen molar-refractivity contribution in [3.8, 4) is 0 Å². The van der Waals surface area contributed by atoms with E-state index in [4.69, 9.17) is 4.74 Å². The highest BCUT2D eigenvalue weighted by molar-refractivity contribution is 7.07. The Hall–Kier alpha value is -2.46. The fourth-order valence-electron chi connectivity index (χ4n) is 3.86. The lowest BCUT2D eigenvalue weighted by Crippen LogP contribution is -2.67. The van der Waals surface area contributed by atoms with E-state index in [0.29, 0.717) is 0 Å². The van der Waals surface area contributed by atoms with Crippen molar-refractivity contribution in [2.75, 3.05) is 7.11 Å². The van der Waals surface area contributed by atoms with Crippen LogP contribution >= 0.6 is 0 Å². The van der Waals surface area contributed by atoms with E-state index in [2.05, 4.69) is 45.0 Å². The van der Waals surface area contributed by atoms with Gasteiger partial charge in [0.2, 0.25) is 0 Å². The maximum absolute atomic E-state index is 12.3. The van der Waals surface area contributed by atoms with E-state index >= 15 is 0 Å². The molecule has 0 fully saturated rings. The Morgan fingerprint density at radius 3 is 1.77 bits per heavy atom. The Labute approximate surface area is 156 Å². The molecule has 0 aliphatic carbocycles. The highest BCUT2D eigenvalue weighted by Gasteiger charge is 2.52. The number of ether oxygens (including phenoxy) is 1. The maximum atomic E-state index is 12.3. The minimum absolute atomic E-state index is 0.165. The van der Waals surface area contributed by atoms with E-state index in [1.807, 2.05) is 36.4 Å². The molecule has 0 aliphatic rings. The lowest BCUT2D eigenvalue weighted by molar-refractivity contribution is -0.134. The Morgan fingerprint density at radius 2 is 1.42 bits per heavy atom. The number of methoxy groups -OCH3 is 1. The van der Waals surface area contributed by atoms with Gasteiger partial charge in [-0.15, -0.1) is 0 Å². The van der Waals surface area contributed by atoms with Crippen molar-refractivity contribution in [1.29, 1.82) is 0 Å². The summed E-state index contributed by atoms with van der Waals surface area (Å²) < 4.78 is 4.73. The van der Waals surface area contributed by atoms with Crippen LogP contribution < -0.4 is 10.4 Å². The summed E-state index contributed by atoms with van der Waals surface area (Å²) in [6, 6.07) is 20.4. The van der Waals surface area contributed by atoms with E-state index in [-0.39, 0.29) is 5.04 Å². The van der Waals surface area contributed by atoms with Crippen LogP contribution in [0.5, 0.6) is 0 Å². The van der Waals surface area contributed by atoms with Crippen LogP contribution in [0.3, 0.4) is 0 Å². The molecule has 0 saturated heterocycles. The second-order valence-electron chi connectivity index (χ2n) is 7.33. The molecule has 0 heterocycles. The largest absolute Gasteiger partial charge is 0.466 e. The van der Waals surface area contributed by atoms with Gasteiger partial charge >= 0.3 is 5.97 Å². The van der Waals surface area contributed by atoms with Gasteiger partial charge in [0.05, 0.1) is 7.11 Å². The Morgan fingerprint density at radius 1 is 0.962 bits per heavy atom. The van der Waals surface area contributed by atoms with Crippen LogP contribution in [-0.2, 0) is 14.3 Å². The van der Waals surface area contributed by atoms with Crippen molar-refractivity contribution in [1.82, 2.24) is 0 Å². The summed E-state index contributed by atoms with van der Waals surface area (Å²) in [5.41, 5.74) is -0.397. The van der Waals surface area contributed by atoms with Gasteiger partial charge in [0, 0.05) is 11.6 Å². The number of aldehydes is 1. The zero-order chi connectivity index (χ0) is 19.2. The van der Waals surface area contributed by atoms with Gasteiger partial charge < -0.3 is 9.53 Å². The first-order valence-electron chi connectivity index (χ1n) is 8.70. The molecule has 4 heteroatoms. The van der Waals surface area contributed by atoms with Gasteiger partial charge in [0.15, 0.2) is 0 Å². The van der Waals surface area contributed by atoms with Crippen LogP contribution in [0.1, 0.15) is 20.8 Å². The van der Waals surface area contributed by atoms with Crippen LogP contribution in [0.4, 0.5) is 0 Å². The standard InChI is InChI=1S/C22H26O3Si/c1-22(2,3)26(18-11-7-5-8-12-18,19-13-9-6-10-14-19)20(17-23)15-16-21(24)25-4/h5-17,20H,1-4H3/b16-15+/t20-/m0/s1. The SMILES string of the molecule is COC(=O)/C=C/[C@@H](C=O)[Si](c1ccccc1)(c1ccccc1)C(C)(C)C. The topological polar surface area (TPSA) is 43.4 Å². The molecule has 0 unspecified atom stereocenters. The summed E-state index contributed by atoms with van der Waals surface area (Å²) in [5.74, 6) is -0.449. The van der Waals surface area contributed by atoms with E-state index in [1.54, 1.807) is 6.08 Å². The van der Waals surface area contributed by atoms with E-state index in [9.17, 15) is 9.59 Å². The van der Waals surface area contributed by atoms with E-state index in [0.717, 1.165) is 6.29 Å². The average Bonchev–Trinajstić information content (AvgIpc) is 2.65. The molecule has 0 radical (unpaired) electrons. The van der Waals surface area contributed by atoms with Crippen molar-refractivity contribution >= 4 is 30.7 Å². The molecule has 0 saturated carbocycles. The number of carbonyl (C=O) groups is 2. The van der Waals surface area contributed by atoms with Crippen molar-refractivity contribution in [3.05, 3.63) is 72.8 Å². The molecule has 136 valence electrons. The molecule has 0 amide bonds. The summed E-state index contributed by atoms with van der Waals surface area (Å²) in [7, 11) is -1.28. The molecule has 0 aliphatic heterocycles. The maximum Gasteiger partial charge on any atom is 0.330 e. The fraction of sp³-hybridized carbons (Fsp3) is 0.273. The fourth-order valence-corrected chi connectivity index (χ4v) is 9.72. The highest BCUT2D eigenvalue weighted by atomic mass is 28.3. The van der Waals surface area contributed by atoms with Gasteiger partial charge in [-0.25, -0.2) is 4.79 Å². The number of hydrogen-bond acceptors (Lipinski definition) is 3. The lowest BCUT2D eigenvalue weighted by Gasteiger charge is -2.46. The summed E-state index contributed by atoms with van der Waals surface area (Å²) in [4.78, 5) is 23.9. The number of carbonyl (C=O) groups excluding carboxylic acids is 2. The van der Waals surface area contributed by atoms with Crippen LogP contribution in [0.25, 0.3) is 0 Å². The number of benzene rings is 2. The zero-order valence-corrected chi connectivity index (χ0v) is 16.8. The normalized spacial score (nSPS) is 13.4. The monoisotopic (exact) mass is 366 g/mol. The Kier molecular flexibility index (Phi) is 6.32. The Balaban J connectivity index is 2.81. The number of hydrogen-bond donors (Lipinski definition) is 0. The molecule has 0 spiro atoms. The quantitative estimate of drug-likeness (QED) is 0.341. The van der Waals surface area contributed by atoms with Gasteiger partial charge in [-0.1, -0.05) is 97.9 Å². The summed E-state index contributed by atoms with van der Waals surface area (Å²) >= 11 is 0. The van der Waals surface area contributed by atoms with E-state index < -0.39 is 19.6 Å². The average molecular weight is 367 g/mol. The van der Waals surface area contributed by atoms with Crippen LogP contribution in [0.2, 0.25) is 10.6 Å². The predicted molar refractivity (Wildman–Crippen MR) is 109 cm³/mol. The second-order valence-corrected chi connectivity index (χ2v) is 12.3. The molecule has 2 aromatic rings. The molecule has 2 aromatic carbocycles. The minimum atomic E-state index is -2.62. The number of esters is 1. The molecule has 0 aromatic heterocycles. The summed E-state index contributed by atoms with van der Waals surface area (Å²) in [5, 5.41) is 2.18. The summed E-state index contributed by atoms with van der Waals surface area (Å²) in [6.45, 7) is 6.55. The number of rotatable bonds is 6. The van der Waals surface area contributed by atoms with Crippen molar-refractivity contribution in [3.63, 3.8) is 0 Å². The first-order chi connectivity index (χ1) is 12.4. The second kappa shape index (κ2) is 8.28. The number of allylic oxidation sites excluding steroid dienone is 1. The molecular weight excluding hydrogens is 340 g/mol. The molecule has 3 nitrogen and oxygen atoms in total. The van der Waals surface area contributed by atoms with Crippen LogP contribution in [0, 0.1) is 0 Å². The lowest BCUT2D eigenvalue weighted by atomic mass is 10.2. The van der Waals surface area contributed by atoms with Gasteiger partial charge in [-0.3, -0.25) is 0 Å². The summed E-state index contributed by atoms with van der Waals surface area (Å²) in [6.07, 6.45) is 4.08. The highest BCUT2D eigenvalue weighted by Crippen LogP contribution is 2.43. The predicted octanol–water partition coefficient (Wildman–Crippen LogP) is 3.35. The third-order valence-electron chi connectivity index (χ3n) is 4.93. The van der Waals surface area contributed by atoms with Gasteiger partial charge in [-0.2, -0.15) is 0 Å². The molecule has 0 bridgehead atoms. The van der Waals surface area contributed by atoms with Crippen molar-refractivity contribution < 1.29 is 14.3 Å². The van der Waals surface area contributed by atoms with Gasteiger partial charge in [0.1, 0.15) is 14.4 Å². The first-order valence-corrected chi connectivity index (χ1v) is 10.8. The molecule has 1 atom stereocenters. The van der Waals surface area contributed by atoms with Crippen LogP contribution in [0.15, 0.2) is 72.8 Å². The van der Waals surface area contributed by atoms with Crippen LogP contribution in [-0.4, -0.2) is 27.4 Å². The third-order valence-corrected chi connectivity index (χ3v) is 11.1.